The van der Waals surface area contributed by atoms with Crippen LogP contribution < -0.4 is 20.5 Å². The molecule has 13 heteroatoms. The van der Waals surface area contributed by atoms with Gasteiger partial charge in [-0.2, -0.15) is 0 Å². The van der Waals surface area contributed by atoms with E-state index < -0.39 is 43.4 Å². The highest BCUT2D eigenvalue weighted by Crippen LogP contribution is 2.27. The Morgan fingerprint density at radius 1 is 1.21 bits per heavy atom. The van der Waals surface area contributed by atoms with Gasteiger partial charge in [-0.25, -0.2) is 13.6 Å². The molecule has 0 aliphatic heterocycles. The molecule has 0 aliphatic rings. The van der Waals surface area contributed by atoms with Gasteiger partial charge in [0.05, 0.1) is 36.0 Å². The summed E-state index contributed by atoms with van der Waals surface area (Å²) in [6.07, 6.45) is -0.182. The average molecular weight is 495 g/mol. The zero-order valence-corrected chi connectivity index (χ0v) is 19.5. The lowest BCUT2D eigenvalue weighted by Gasteiger charge is -2.19. The molecule has 12 nitrogen and oxygen atoms in total. The molecule has 0 heterocycles. The van der Waals surface area contributed by atoms with Crippen LogP contribution in [0.3, 0.4) is 0 Å². The van der Waals surface area contributed by atoms with Crippen LogP contribution in [0.25, 0.3) is 0 Å². The molecular formula is C21H26N4O8S. The third-order valence-corrected chi connectivity index (χ3v) is 5.58. The van der Waals surface area contributed by atoms with E-state index in [1.54, 1.807) is 31.2 Å². The minimum Gasteiger partial charge on any atom is -0.497 e. The molecule has 1 unspecified atom stereocenters. The maximum Gasteiger partial charge on any atom is 0.308 e. The number of nitro groups is 1. The number of rotatable bonds is 12. The zero-order valence-electron chi connectivity index (χ0n) is 18.6. The van der Waals surface area contributed by atoms with E-state index in [0.717, 1.165) is 12.1 Å². The molecule has 2 aromatic carbocycles. The smallest absolute Gasteiger partial charge is 0.308 e. The predicted molar refractivity (Wildman–Crippen MR) is 123 cm³/mol. The van der Waals surface area contributed by atoms with E-state index in [2.05, 4.69) is 10.6 Å². The lowest BCUT2D eigenvalue weighted by Crippen LogP contribution is -2.31. The number of nitrogens with zero attached hydrogens (tertiary/aromatic N) is 1. The lowest BCUT2D eigenvalue weighted by atomic mass is 10.0. The summed E-state index contributed by atoms with van der Waals surface area (Å²) in [5.74, 6) is -0.356. The van der Waals surface area contributed by atoms with Crippen LogP contribution in [0.2, 0.25) is 0 Å². The third-order valence-electron chi connectivity index (χ3n) is 4.67. The Hall–Kier alpha value is -3.71. The number of hydrogen-bond acceptors (Lipinski definition) is 9. The molecule has 1 amide bonds. The van der Waals surface area contributed by atoms with Gasteiger partial charge in [-0.15, -0.1) is 0 Å². The van der Waals surface area contributed by atoms with Gasteiger partial charge in [0.15, 0.2) is 0 Å². The largest absolute Gasteiger partial charge is 0.497 e. The average Bonchev–Trinajstić information content (AvgIpc) is 2.78. The van der Waals surface area contributed by atoms with Crippen LogP contribution in [0.4, 0.5) is 11.4 Å². The minimum absolute atomic E-state index is 0.00559. The molecule has 0 bridgehead atoms. The number of primary sulfonamides is 1. The molecule has 0 radical (unpaired) electrons. The van der Waals surface area contributed by atoms with Gasteiger partial charge in [-0.05, 0) is 36.8 Å². The van der Waals surface area contributed by atoms with E-state index in [0.29, 0.717) is 11.3 Å². The number of amides is 1. The van der Waals surface area contributed by atoms with Crippen LogP contribution in [-0.4, -0.2) is 45.5 Å². The number of sulfonamides is 1. The van der Waals surface area contributed by atoms with Crippen molar-refractivity contribution in [3.8, 4) is 5.75 Å². The maximum atomic E-state index is 12.6. The first-order valence-corrected chi connectivity index (χ1v) is 11.7. The van der Waals surface area contributed by atoms with Crippen LogP contribution in [0, 0.1) is 10.1 Å². The topological polar surface area (TPSA) is 180 Å². The Morgan fingerprint density at radius 2 is 1.94 bits per heavy atom. The Kier molecular flexibility index (Phi) is 9.33. The second kappa shape index (κ2) is 12.0. The van der Waals surface area contributed by atoms with Crippen molar-refractivity contribution in [2.24, 2.45) is 5.14 Å². The summed E-state index contributed by atoms with van der Waals surface area (Å²) in [5.41, 5.74) is 0.174. The van der Waals surface area contributed by atoms with Gasteiger partial charge in [0.25, 0.3) is 5.69 Å². The van der Waals surface area contributed by atoms with Crippen molar-refractivity contribution in [1.29, 1.82) is 0 Å². The number of carbonyl (C=O) groups is 2. The van der Waals surface area contributed by atoms with Gasteiger partial charge < -0.3 is 20.1 Å². The molecule has 0 saturated carbocycles. The molecule has 0 aromatic heterocycles. The molecule has 184 valence electrons. The van der Waals surface area contributed by atoms with E-state index in [9.17, 15) is 28.1 Å². The highest BCUT2D eigenvalue weighted by Gasteiger charge is 2.21. The van der Waals surface area contributed by atoms with Crippen molar-refractivity contribution < 1.29 is 32.4 Å². The number of nitrogens with two attached hydrogens (primary N) is 1. The number of anilines is 1. The maximum absolute atomic E-state index is 12.6. The molecule has 0 spiro atoms. The normalized spacial score (nSPS) is 11.9. The number of nitro benzene ring substituents is 1. The SMILES string of the molecule is CCOC(=O)CC(NC(=O)CCNc1ccc(S(N)(=O)=O)cc1[N+](=O)[O-])c1cccc(OC)c1. The number of methoxy groups -OCH3 is 1. The molecule has 0 fully saturated rings. The van der Waals surface area contributed by atoms with Crippen molar-refractivity contribution in [3.05, 3.63) is 58.1 Å². The van der Waals surface area contributed by atoms with E-state index in [1.165, 1.54) is 13.2 Å². The molecule has 1 atom stereocenters. The van der Waals surface area contributed by atoms with Crippen LogP contribution >= 0.6 is 0 Å². The monoisotopic (exact) mass is 494 g/mol. The van der Waals surface area contributed by atoms with Gasteiger partial charge in [0, 0.05) is 19.0 Å². The number of carbonyl (C=O) groups excluding carboxylic acids is 2. The molecule has 0 aliphatic carbocycles. The van der Waals surface area contributed by atoms with Crippen molar-refractivity contribution >= 4 is 33.3 Å². The summed E-state index contributed by atoms with van der Waals surface area (Å²) < 4.78 is 33.1. The molecule has 2 aromatic rings. The van der Waals surface area contributed by atoms with Crippen molar-refractivity contribution in [2.75, 3.05) is 25.6 Å². The third kappa shape index (κ3) is 7.71. The zero-order chi connectivity index (χ0) is 25.3. The lowest BCUT2D eigenvalue weighted by molar-refractivity contribution is -0.384. The van der Waals surface area contributed by atoms with Gasteiger partial charge >= 0.3 is 5.97 Å². The van der Waals surface area contributed by atoms with Gasteiger partial charge in [0.1, 0.15) is 11.4 Å². The van der Waals surface area contributed by atoms with Gasteiger partial charge in [-0.3, -0.25) is 19.7 Å². The van der Waals surface area contributed by atoms with E-state index in [4.69, 9.17) is 14.6 Å². The molecule has 0 saturated heterocycles. The van der Waals surface area contributed by atoms with Crippen molar-refractivity contribution in [2.45, 2.75) is 30.7 Å². The fourth-order valence-electron chi connectivity index (χ4n) is 3.06. The Labute approximate surface area is 196 Å². The van der Waals surface area contributed by atoms with Crippen molar-refractivity contribution in [3.63, 3.8) is 0 Å². The number of benzene rings is 2. The molecule has 4 N–H and O–H groups in total. The highest BCUT2D eigenvalue weighted by atomic mass is 32.2. The fraction of sp³-hybridized carbons (Fsp3) is 0.333. The summed E-state index contributed by atoms with van der Waals surface area (Å²) in [6, 6.07) is 9.38. The summed E-state index contributed by atoms with van der Waals surface area (Å²) in [6.45, 7) is 1.88. The van der Waals surface area contributed by atoms with Gasteiger partial charge in [-0.1, -0.05) is 12.1 Å². The van der Waals surface area contributed by atoms with Crippen LogP contribution in [0.5, 0.6) is 5.75 Å². The molecule has 2 rings (SSSR count). The first kappa shape index (κ1) is 26.5. The summed E-state index contributed by atoms with van der Waals surface area (Å²) in [7, 11) is -2.61. The second-order valence-electron chi connectivity index (χ2n) is 7.06. The van der Waals surface area contributed by atoms with Crippen molar-refractivity contribution in [1.82, 2.24) is 5.32 Å². The van der Waals surface area contributed by atoms with E-state index >= 15 is 0 Å². The van der Waals surface area contributed by atoms with E-state index in [1.807, 2.05) is 0 Å². The predicted octanol–water partition coefficient (Wildman–Crippen LogP) is 1.86. The fourth-order valence-corrected chi connectivity index (χ4v) is 3.60. The minimum atomic E-state index is -4.11. The number of ether oxygens (including phenoxy) is 2. The van der Waals surface area contributed by atoms with E-state index in [-0.39, 0.29) is 31.7 Å². The Morgan fingerprint density at radius 3 is 2.56 bits per heavy atom. The quantitative estimate of drug-likeness (QED) is 0.225. The summed E-state index contributed by atoms with van der Waals surface area (Å²) >= 11 is 0. The number of hydrogen-bond donors (Lipinski definition) is 3. The first-order chi connectivity index (χ1) is 16.0. The molecular weight excluding hydrogens is 468 g/mol. The standard InChI is InChI=1S/C21H26N4O8S/c1-3-33-21(27)13-18(14-5-4-6-15(11-14)32-2)24-20(26)9-10-23-17-8-7-16(34(22,30)31)12-19(17)25(28)29/h4-8,11-12,18,23H,3,9-10,13H2,1-2H3,(H,24,26)(H2,22,30,31). The van der Waals surface area contributed by atoms with Crippen LogP contribution in [0.15, 0.2) is 47.4 Å². The highest BCUT2D eigenvalue weighted by molar-refractivity contribution is 7.89. The number of esters is 1. The first-order valence-electron chi connectivity index (χ1n) is 10.2. The second-order valence-corrected chi connectivity index (χ2v) is 8.63. The molecule has 34 heavy (non-hydrogen) atoms. The number of nitrogens with one attached hydrogen (secondary N) is 2. The Balaban J connectivity index is 2.08. The van der Waals surface area contributed by atoms with Gasteiger partial charge in [0.2, 0.25) is 15.9 Å². The Bertz CT molecular complexity index is 1150. The summed E-state index contributed by atoms with van der Waals surface area (Å²) in [4.78, 5) is 34.7. The van der Waals surface area contributed by atoms with Crippen LogP contribution in [-0.2, 0) is 24.3 Å². The summed E-state index contributed by atoms with van der Waals surface area (Å²) in [5, 5.41) is 21.8. The van der Waals surface area contributed by atoms with Crippen LogP contribution in [0.1, 0.15) is 31.4 Å².